The van der Waals surface area contributed by atoms with Gasteiger partial charge in [-0.1, -0.05) is 6.92 Å². The maximum Gasteiger partial charge on any atom is 0.304 e. The Kier molecular flexibility index (Phi) is 3.29. The predicted octanol–water partition coefficient (Wildman–Crippen LogP) is 1.97. The third kappa shape index (κ3) is 2.94. The first kappa shape index (κ1) is 10.9. The molecule has 0 spiro atoms. The molecule has 2 aliphatic rings. The summed E-state index contributed by atoms with van der Waals surface area (Å²) in [4.78, 5) is 13.2. The van der Waals surface area contributed by atoms with Crippen molar-refractivity contribution in [3.63, 3.8) is 0 Å². The van der Waals surface area contributed by atoms with Crippen LogP contribution in [0.3, 0.4) is 0 Å². The SMILES string of the molecule is CC1CCN(C(CC(=O)O)C2CC2)CC1. The Hall–Kier alpha value is -0.570. The van der Waals surface area contributed by atoms with Crippen LogP contribution in [0.1, 0.15) is 39.0 Å². The first-order valence-electron chi connectivity index (χ1n) is 6.12. The van der Waals surface area contributed by atoms with Gasteiger partial charge < -0.3 is 5.11 Å². The third-order valence-corrected chi connectivity index (χ3v) is 3.84. The molecule has 0 aromatic rings. The molecule has 1 aliphatic heterocycles. The first-order valence-corrected chi connectivity index (χ1v) is 6.12. The summed E-state index contributed by atoms with van der Waals surface area (Å²) in [6.45, 7) is 4.51. The number of carbonyl (C=O) groups is 1. The molecule has 1 unspecified atom stereocenters. The third-order valence-electron chi connectivity index (χ3n) is 3.84. The van der Waals surface area contributed by atoms with Gasteiger partial charge in [-0.15, -0.1) is 0 Å². The van der Waals surface area contributed by atoms with Gasteiger partial charge >= 0.3 is 5.97 Å². The molecule has 0 amide bonds. The van der Waals surface area contributed by atoms with Crippen molar-refractivity contribution in [1.82, 2.24) is 4.90 Å². The second-order valence-electron chi connectivity index (χ2n) is 5.22. The van der Waals surface area contributed by atoms with Gasteiger partial charge in [-0.3, -0.25) is 9.69 Å². The van der Waals surface area contributed by atoms with E-state index in [1.807, 2.05) is 0 Å². The minimum absolute atomic E-state index is 0.329. The van der Waals surface area contributed by atoms with E-state index < -0.39 is 5.97 Å². The van der Waals surface area contributed by atoms with Crippen molar-refractivity contribution >= 4 is 5.97 Å². The lowest BCUT2D eigenvalue weighted by atomic mass is 9.96. The number of piperidine rings is 1. The summed E-state index contributed by atoms with van der Waals surface area (Å²) >= 11 is 0. The van der Waals surface area contributed by atoms with Crippen LogP contribution >= 0.6 is 0 Å². The molecule has 3 nitrogen and oxygen atoms in total. The van der Waals surface area contributed by atoms with Crippen LogP contribution in [0.4, 0.5) is 0 Å². The Balaban J connectivity index is 1.89. The maximum atomic E-state index is 10.8. The minimum Gasteiger partial charge on any atom is -0.481 e. The van der Waals surface area contributed by atoms with Gasteiger partial charge in [0.1, 0.15) is 0 Å². The fourth-order valence-corrected chi connectivity index (χ4v) is 2.61. The molecular weight excluding hydrogens is 190 g/mol. The number of aliphatic carboxylic acids is 1. The Morgan fingerprint density at radius 3 is 2.40 bits per heavy atom. The summed E-state index contributed by atoms with van der Waals surface area (Å²) in [7, 11) is 0. The summed E-state index contributed by atoms with van der Waals surface area (Å²) in [5.41, 5.74) is 0. The van der Waals surface area contributed by atoms with Gasteiger partial charge in [-0.05, 0) is 50.6 Å². The zero-order chi connectivity index (χ0) is 10.8. The zero-order valence-corrected chi connectivity index (χ0v) is 9.48. The van der Waals surface area contributed by atoms with E-state index in [4.69, 9.17) is 5.11 Å². The van der Waals surface area contributed by atoms with Gasteiger partial charge in [0.2, 0.25) is 0 Å². The normalized spacial score (nSPS) is 26.5. The number of nitrogens with zero attached hydrogens (tertiary/aromatic N) is 1. The van der Waals surface area contributed by atoms with Crippen LogP contribution in [0.2, 0.25) is 0 Å². The van der Waals surface area contributed by atoms with E-state index in [9.17, 15) is 4.79 Å². The fraction of sp³-hybridized carbons (Fsp3) is 0.917. The van der Waals surface area contributed by atoms with Gasteiger partial charge in [0.05, 0.1) is 6.42 Å². The molecule has 1 saturated heterocycles. The zero-order valence-electron chi connectivity index (χ0n) is 9.48. The van der Waals surface area contributed by atoms with Crippen molar-refractivity contribution in [2.75, 3.05) is 13.1 Å². The molecule has 2 rings (SSSR count). The molecule has 1 heterocycles. The topological polar surface area (TPSA) is 40.5 Å². The highest BCUT2D eigenvalue weighted by molar-refractivity contribution is 5.67. The van der Waals surface area contributed by atoms with Gasteiger partial charge in [0.25, 0.3) is 0 Å². The summed E-state index contributed by atoms with van der Waals surface area (Å²) in [5.74, 6) is 0.867. The molecule has 0 aromatic heterocycles. The summed E-state index contributed by atoms with van der Waals surface area (Å²) in [5, 5.41) is 8.92. The van der Waals surface area contributed by atoms with E-state index in [1.54, 1.807) is 0 Å². The fourth-order valence-electron chi connectivity index (χ4n) is 2.61. The Morgan fingerprint density at radius 1 is 1.33 bits per heavy atom. The molecule has 1 N–H and O–H groups in total. The second kappa shape index (κ2) is 4.52. The van der Waals surface area contributed by atoms with Crippen LogP contribution in [-0.4, -0.2) is 35.1 Å². The molecule has 3 heteroatoms. The molecule has 0 bridgehead atoms. The van der Waals surface area contributed by atoms with E-state index in [0.29, 0.717) is 18.4 Å². The van der Waals surface area contributed by atoms with Crippen LogP contribution in [0.5, 0.6) is 0 Å². The highest BCUT2D eigenvalue weighted by Crippen LogP contribution is 2.38. The molecule has 0 aromatic carbocycles. The Bertz CT molecular complexity index is 230. The molecule has 0 radical (unpaired) electrons. The van der Waals surface area contributed by atoms with Crippen molar-refractivity contribution in [3.05, 3.63) is 0 Å². The van der Waals surface area contributed by atoms with Crippen LogP contribution in [-0.2, 0) is 4.79 Å². The number of carboxylic acid groups (broad SMARTS) is 1. The van der Waals surface area contributed by atoms with E-state index in [0.717, 1.165) is 19.0 Å². The lowest BCUT2D eigenvalue weighted by Crippen LogP contribution is -2.43. The largest absolute Gasteiger partial charge is 0.481 e. The van der Waals surface area contributed by atoms with Crippen LogP contribution < -0.4 is 0 Å². The first-order chi connectivity index (χ1) is 7.16. The monoisotopic (exact) mass is 211 g/mol. The molecule has 1 saturated carbocycles. The molecular formula is C12H21NO2. The highest BCUT2D eigenvalue weighted by Gasteiger charge is 2.37. The van der Waals surface area contributed by atoms with Gasteiger partial charge in [-0.25, -0.2) is 0 Å². The quantitative estimate of drug-likeness (QED) is 0.773. The smallest absolute Gasteiger partial charge is 0.304 e. The lowest BCUT2D eigenvalue weighted by Gasteiger charge is -2.36. The molecule has 1 atom stereocenters. The van der Waals surface area contributed by atoms with Gasteiger partial charge in [-0.2, -0.15) is 0 Å². The number of rotatable bonds is 4. The number of likely N-dealkylation sites (tertiary alicyclic amines) is 1. The number of hydrogen-bond donors (Lipinski definition) is 1. The summed E-state index contributed by atoms with van der Waals surface area (Å²) < 4.78 is 0. The van der Waals surface area contributed by atoms with Crippen LogP contribution in [0.25, 0.3) is 0 Å². The van der Waals surface area contributed by atoms with Crippen LogP contribution in [0, 0.1) is 11.8 Å². The van der Waals surface area contributed by atoms with Crippen LogP contribution in [0.15, 0.2) is 0 Å². The van der Waals surface area contributed by atoms with E-state index >= 15 is 0 Å². The lowest BCUT2D eigenvalue weighted by molar-refractivity contribution is -0.138. The Labute approximate surface area is 91.5 Å². The number of carboxylic acids is 1. The van der Waals surface area contributed by atoms with Crippen molar-refractivity contribution < 1.29 is 9.90 Å². The highest BCUT2D eigenvalue weighted by atomic mass is 16.4. The number of hydrogen-bond acceptors (Lipinski definition) is 2. The summed E-state index contributed by atoms with van der Waals surface area (Å²) in [6, 6.07) is 0.329. The van der Waals surface area contributed by atoms with Crippen molar-refractivity contribution in [2.24, 2.45) is 11.8 Å². The van der Waals surface area contributed by atoms with E-state index in [1.165, 1.54) is 25.7 Å². The van der Waals surface area contributed by atoms with Gasteiger partial charge in [0, 0.05) is 6.04 Å². The Morgan fingerprint density at radius 2 is 1.93 bits per heavy atom. The van der Waals surface area contributed by atoms with Gasteiger partial charge in [0.15, 0.2) is 0 Å². The average molecular weight is 211 g/mol. The predicted molar refractivity (Wildman–Crippen MR) is 58.7 cm³/mol. The van der Waals surface area contributed by atoms with Crippen molar-refractivity contribution in [3.8, 4) is 0 Å². The van der Waals surface area contributed by atoms with Crippen molar-refractivity contribution in [2.45, 2.75) is 45.1 Å². The summed E-state index contributed by atoms with van der Waals surface area (Å²) in [6.07, 6.45) is 5.30. The maximum absolute atomic E-state index is 10.8. The second-order valence-corrected chi connectivity index (χ2v) is 5.22. The van der Waals surface area contributed by atoms with Crippen molar-refractivity contribution in [1.29, 1.82) is 0 Å². The van der Waals surface area contributed by atoms with E-state index in [2.05, 4.69) is 11.8 Å². The van der Waals surface area contributed by atoms with E-state index in [-0.39, 0.29) is 0 Å². The molecule has 2 fully saturated rings. The average Bonchev–Trinajstić information content (AvgIpc) is 2.99. The minimum atomic E-state index is -0.634. The molecule has 1 aliphatic carbocycles. The molecule has 15 heavy (non-hydrogen) atoms. The standard InChI is InChI=1S/C12H21NO2/c1-9-4-6-13(7-5-9)11(8-12(14)15)10-2-3-10/h9-11H,2-8H2,1H3,(H,14,15). The molecule has 86 valence electrons.